The number of carbonyl (C=O) groups is 1. The molecule has 218 valence electrons. The summed E-state index contributed by atoms with van der Waals surface area (Å²) in [5.41, 5.74) is -0.959. The predicted octanol–water partition coefficient (Wildman–Crippen LogP) is 6.23. The van der Waals surface area contributed by atoms with Gasteiger partial charge in [0.25, 0.3) is 0 Å². The number of halogens is 6. The second-order valence-corrected chi connectivity index (χ2v) is 10.1. The van der Waals surface area contributed by atoms with Crippen molar-refractivity contribution < 1.29 is 31.1 Å². The van der Waals surface area contributed by atoms with Crippen LogP contribution in [0.15, 0.2) is 53.1 Å². The first-order valence-electron chi connectivity index (χ1n) is 13.1. The molecule has 1 aromatic rings. The number of aliphatic imine (C=N–C) groups is 1. The van der Waals surface area contributed by atoms with Crippen LogP contribution >= 0.6 is 0 Å². The van der Waals surface area contributed by atoms with Gasteiger partial charge in [0.2, 0.25) is 5.92 Å². The van der Waals surface area contributed by atoms with Crippen LogP contribution in [0.1, 0.15) is 51.1 Å². The zero-order valence-corrected chi connectivity index (χ0v) is 22.3. The number of nitrogens with one attached hydrogen (secondary N) is 3. The van der Waals surface area contributed by atoms with Crippen LogP contribution in [-0.4, -0.2) is 48.4 Å². The van der Waals surface area contributed by atoms with Crippen molar-refractivity contribution in [2.24, 2.45) is 22.7 Å². The number of alkyl halides is 5. The van der Waals surface area contributed by atoms with Gasteiger partial charge in [-0.2, -0.15) is 13.2 Å². The average molecular weight is 570 g/mol. The molecule has 0 saturated heterocycles. The Balaban J connectivity index is 1.88. The van der Waals surface area contributed by atoms with Crippen molar-refractivity contribution in [3.63, 3.8) is 0 Å². The number of aromatic nitrogens is 1. The highest BCUT2D eigenvalue weighted by Gasteiger charge is 2.42. The molecule has 2 heterocycles. The van der Waals surface area contributed by atoms with Crippen molar-refractivity contribution >= 4 is 23.3 Å². The van der Waals surface area contributed by atoms with Crippen molar-refractivity contribution in [2.45, 2.75) is 57.5 Å². The Morgan fingerprint density at radius 2 is 1.95 bits per heavy atom. The van der Waals surface area contributed by atoms with Crippen molar-refractivity contribution in [3.05, 3.63) is 59.6 Å². The maximum atomic E-state index is 14.5. The fourth-order valence-corrected chi connectivity index (χ4v) is 5.09. The summed E-state index contributed by atoms with van der Waals surface area (Å²) < 4.78 is 82.1. The van der Waals surface area contributed by atoms with Crippen molar-refractivity contribution in [3.8, 4) is 0 Å². The van der Waals surface area contributed by atoms with Gasteiger partial charge in [-0.05, 0) is 55.7 Å². The van der Waals surface area contributed by atoms with Crippen molar-refractivity contribution in [1.82, 2.24) is 15.6 Å². The van der Waals surface area contributed by atoms with Crippen LogP contribution in [0.5, 0.6) is 0 Å². The van der Waals surface area contributed by atoms with Gasteiger partial charge in [0, 0.05) is 50.3 Å². The largest absolute Gasteiger partial charge is 0.417 e. The number of rotatable bonds is 8. The van der Waals surface area contributed by atoms with E-state index in [1.807, 2.05) is 0 Å². The van der Waals surface area contributed by atoms with E-state index in [0.29, 0.717) is 0 Å². The number of pyridine rings is 1. The van der Waals surface area contributed by atoms with Crippen LogP contribution in [0.25, 0.3) is 5.57 Å². The standard InChI is InChI=1S/C28H33F6N5O/c1-17-12-27(30,31)11-5-7-20(26(40)25(35)22(15-36-2)23-10-9-19(29)14-37-23)21(17)16-39-24-8-4-3-6-18(13-38-24)28(32,33)34/h6,8-10,13-15,17,20-21,35-36,39H,3-5,7,11-12,16H2,1-2H3/b18-6-,22-15-,24-8+,35-25?,38-13-. The lowest BCUT2D eigenvalue weighted by Crippen LogP contribution is -2.42. The van der Waals surface area contributed by atoms with Crippen LogP contribution in [0.2, 0.25) is 0 Å². The maximum Gasteiger partial charge on any atom is 0.417 e. The minimum Gasteiger partial charge on any atom is -0.393 e. The summed E-state index contributed by atoms with van der Waals surface area (Å²) in [6, 6.07) is 2.49. The first-order valence-corrected chi connectivity index (χ1v) is 13.1. The monoisotopic (exact) mass is 569 g/mol. The molecular formula is C28H33F6N5O. The smallest absolute Gasteiger partial charge is 0.393 e. The summed E-state index contributed by atoms with van der Waals surface area (Å²) >= 11 is 0. The van der Waals surface area contributed by atoms with E-state index in [9.17, 15) is 31.1 Å². The molecule has 40 heavy (non-hydrogen) atoms. The number of nitrogens with zero attached hydrogens (tertiary/aromatic N) is 2. The highest BCUT2D eigenvalue weighted by atomic mass is 19.4. The van der Waals surface area contributed by atoms with Crippen LogP contribution in [0.4, 0.5) is 26.3 Å². The minimum atomic E-state index is -4.55. The quantitative estimate of drug-likeness (QED) is 0.256. The lowest BCUT2D eigenvalue weighted by atomic mass is 9.71. The van der Waals surface area contributed by atoms with Crippen LogP contribution in [0.3, 0.4) is 0 Å². The Bertz CT molecular complexity index is 1190. The third kappa shape index (κ3) is 8.28. The third-order valence-corrected chi connectivity index (χ3v) is 7.13. The van der Waals surface area contributed by atoms with Crippen molar-refractivity contribution in [2.75, 3.05) is 13.6 Å². The Hall–Kier alpha value is -3.44. The number of carbonyl (C=O) groups excluding carboxylic acids is 1. The molecular weight excluding hydrogens is 536 g/mol. The van der Waals surface area contributed by atoms with Crippen molar-refractivity contribution in [1.29, 1.82) is 5.41 Å². The molecule has 0 bridgehead atoms. The van der Waals surface area contributed by atoms with E-state index in [0.717, 1.165) is 24.6 Å². The lowest BCUT2D eigenvalue weighted by molar-refractivity contribution is -0.121. The normalized spacial score (nSPS) is 27.4. The Morgan fingerprint density at radius 3 is 2.60 bits per heavy atom. The van der Waals surface area contributed by atoms with Gasteiger partial charge in [0.15, 0.2) is 5.78 Å². The number of Topliss-reactive ketones (excluding diaryl/α,β-unsaturated/α-hetero) is 1. The second kappa shape index (κ2) is 13.3. The molecule has 0 amide bonds. The van der Waals surface area contributed by atoms with Gasteiger partial charge < -0.3 is 10.6 Å². The number of allylic oxidation sites excluding steroid dienone is 4. The molecule has 0 radical (unpaired) electrons. The van der Waals surface area contributed by atoms with Crippen LogP contribution in [0, 0.1) is 29.0 Å². The van der Waals surface area contributed by atoms with Gasteiger partial charge >= 0.3 is 6.18 Å². The van der Waals surface area contributed by atoms with E-state index in [1.54, 1.807) is 20.0 Å². The van der Waals surface area contributed by atoms with E-state index >= 15 is 0 Å². The minimum absolute atomic E-state index is 0.00491. The lowest BCUT2D eigenvalue weighted by Gasteiger charge is -2.36. The zero-order chi connectivity index (χ0) is 29.5. The molecule has 6 nitrogen and oxygen atoms in total. The summed E-state index contributed by atoms with van der Waals surface area (Å²) in [6.45, 7) is 1.61. The summed E-state index contributed by atoms with van der Waals surface area (Å²) in [7, 11) is 1.57. The second-order valence-electron chi connectivity index (χ2n) is 10.1. The van der Waals surface area contributed by atoms with E-state index < -0.39 is 65.6 Å². The summed E-state index contributed by atoms with van der Waals surface area (Å²) in [5, 5.41) is 14.4. The zero-order valence-electron chi connectivity index (χ0n) is 22.3. The molecule has 0 aromatic carbocycles. The molecule has 3 rings (SSSR count). The highest BCUT2D eigenvalue weighted by molar-refractivity contribution is 6.55. The topological polar surface area (TPSA) is 90.2 Å². The highest BCUT2D eigenvalue weighted by Crippen LogP contribution is 2.40. The Labute approximate surface area is 229 Å². The third-order valence-electron chi connectivity index (χ3n) is 7.13. The van der Waals surface area contributed by atoms with Crippen LogP contribution < -0.4 is 10.6 Å². The molecule has 1 aliphatic carbocycles. The van der Waals surface area contributed by atoms with E-state index in [-0.39, 0.29) is 49.3 Å². The van der Waals surface area contributed by atoms with Gasteiger partial charge in [0.1, 0.15) is 17.3 Å². The first kappa shape index (κ1) is 31.1. The first-order chi connectivity index (χ1) is 18.8. The fourth-order valence-electron chi connectivity index (χ4n) is 5.09. The number of hydrogen-bond donors (Lipinski definition) is 3. The van der Waals surface area contributed by atoms with Gasteiger partial charge in [-0.3, -0.25) is 15.2 Å². The number of hydrogen-bond acceptors (Lipinski definition) is 6. The van der Waals surface area contributed by atoms with Gasteiger partial charge in [-0.15, -0.1) is 0 Å². The molecule has 2 aliphatic rings. The molecule has 1 aliphatic heterocycles. The Kier molecular flexibility index (Phi) is 10.3. The number of ketones is 1. The van der Waals surface area contributed by atoms with E-state index in [4.69, 9.17) is 5.41 Å². The van der Waals surface area contributed by atoms with Gasteiger partial charge in [0.05, 0.1) is 17.5 Å². The molecule has 3 N–H and O–H groups in total. The van der Waals surface area contributed by atoms with Crippen LogP contribution in [-0.2, 0) is 4.79 Å². The maximum absolute atomic E-state index is 14.5. The SMILES string of the molecule is CN/C=C(\C(=N)C(=O)C1CCCC(F)(F)CC(C)C1CNC1=C/CC/C=C(C(F)(F)F)/C=N\1)c1ccc(F)cn1. The molecule has 1 fully saturated rings. The van der Waals surface area contributed by atoms with E-state index in [1.165, 1.54) is 12.3 Å². The van der Waals surface area contributed by atoms with Gasteiger partial charge in [-0.25, -0.2) is 18.2 Å². The molecule has 3 unspecified atom stereocenters. The molecule has 3 atom stereocenters. The van der Waals surface area contributed by atoms with Gasteiger partial charge in [-0.1, -0.05) is 13.0 Å². The molecule has 1 aromatic heterocycles. The summed E-state index contributed by atoms with van der Waals surface area (Å²) in [6.07, 6.45) is 0.922. The fraction of sp³-hybridized carbons (Fsp3) is 0.500. The summed E-state index contributed by atoms with van der Waals surface area (Å²) in [4.78, 5) is 21.6. The molecule has 0 spiro atoms. The molecule has 1 saturated carbocycles. The summed E-state index contributed by atoms with van der Waals surface area (Å²) in [5.74, 6) is -6.09. The predicted molar refractivity (Wildman–Crippen MR) is 141 cm³/mol. The average Bonchev–Trinajstić information content (AvgIpc) is 2.85. The van der Waals surface area contributed by atoms with E-state index in [2.05, 4.69) is 20.6 Å². The molecule has 12 heteroatoms. The Morgan fingerprint density at radius 1 is 1.23 bits per heavy atom.